The van der Waals surface area contributed by atoms with Gasteiger partial charge in [-0.25, -0.2) is 4.79 Å². The zero-order chi connectivity index (χ0) is 57.8. The number of likely N-dealkylation sites (tertiary alicyclic amines) is 3. The Kier molecular flexibility index (Phi) is 23.9. The van der Waals surface area contributed by atoms with Crippen LogP contribution in [0.25, 0.3) is 0 Å². The van der Waals surface area contributed by atoms with E-state index in [1.165, 1.54) is 14.7 Å². The summed E-state index contributed by atoms with van der Waals surface area (Å²) in [6.45, 7) is 1.75. The SMILES string of the molecule is CCC(C)C(N)C(=O)NC(CO)C(=O)NC(CCCN=C(N)N)C(=O)N1CCCC1C(=O)N1CCCC1C(=O)NCC(=O)NC(Cc1ccccc1)C(=O)NC(CO)C(=O)N1CCCC1C(=O)NC(Cc1ccccc1)C(=O)O. The molecule has 3 aliphatic rings. The van der Waals surface area contributed by atoms with Crippen LogP contribution in [0.5, 0.6) is 0 Å². The van der Waals surface area contributed by atoms with Crippen molar-refractivity contribution in [3.63, 3.8) is 0 Å². The summed E-state index contributed by atoms with van der Waals surface area (Å²) in [5.41, 5.74) is 18.3. The second-order valence-corrected chi connectivity index (χ2v) is 20.1. The molecule has 79 heavy (non-hydrogen) atoms. The van der Waals surface area contributed by atoms with E-state index in [9.17, 15) is 63.3 Å². The van der Waals surface area contributed by atoms with E-state index in [0.29, 0.717) is 36.8 Å². The molecule has 26 nitrogen and oxygen atoms in total. The highest BCUT2D eigenvalue weighted by molar-refractivity contribution is 5.98. The molecule has 26 heteroatoms. The zero-order valence-corrected chi connectivity index (χ0v) is 44.7. The minimum atomic E-state index is -1.56. The van der Waals surface area contributed by atoms with Crippen molar-refractivity contribution < 1.29 is 63.3 Å². The molecule has 10 atom stereocenters. The molecule has 0 saturated carbocycles. The Morgan fingerprint density at radius 3 is 1.67 bits per heavy atom. The Bertz CT molecular complexity index is 2480. The van der Waals surface area contributed by atoms with Crippen LogP contribution in [0.4, 0.5) is 0 Å². The van der Waals surface area contributed by atoms with Crippen LogP contribution in [0.1, 0.15) is 82.8 Å². The summed E-state index contributed by atoms with van der Waals surface area (Å²) < 4.78 is 0. The minimum Gasteiger partial charge on any atom is -0.480 e. The molecular weight excluding hydrogens is 1030 g/mol. The molecule has 9 amide bonds. The van der Waals surface area contributed by atoms with E-state index in [4.69, 9.17) is 17.2 Å². The van der Waals surface area contributed by atoms with Gasteiger partial charge in [0.2, 0.25) is 53.2 Å². The Morgan fingerprint density at radius 2 is 1.11 bits per heavy atom. The van der Waals surface area contributed by atoms with Crippen molar-refractivity contribution in [3.05, 3.63) is 71.8 Å². The first-order valence-corrected chi connectivity index (χ1v) is 26.8. The lowest BCUT2D eigenvalue weighted by atomic mass is 9.99. The highest BCUT2D eigenvalue weighted by atomic mass is 16.4. The number of carbonyl (C=O) groups is 10. The highest BCUT2D eigenvalue weighted by Gasteiger charge is 2.44. The summed E-state index contributed by atoms with van der Waals surface area (Å²) in [4.78, 5) is 144. The molecule has 0 aromatic heterocycles. The van der Waals surface area contributed by atoms with Gasteiger partial charge in [0.1, 0.15) is 48.3 Å². The first-order chi connectivity index (χ1) is 37.8. The van der Waals surface area contributed by atoms with E-state index < -0.39 is 133 Å². The summed E-state index contributed by atoms with van der Waals surface area (Å²) in [6.07, 6.45) is 2.58. The fraction of sp³-hybridized carbons (Fsp3) is 0.566. The number of carbonyl (C=O) groups excluding carboxylic acids is 9. The number of amides is 9. The van der Waals surface area contributed by atoms with Crippen molar-refractivity contribution in [2.45, 2.75) is 139 Å². The van der Waals surface area contributed by atoms with E-state index in [-0.39, 0.29) is 83.0 Å². The first kappa shape index (κ1) is 62.1. The Hall–Kier alpha value is -7.71. The summed E-state index contributed by atoms with van der Waals surface area (Å²) in [7, 11) is 0. The topological polar surface area (TPSA) is 404 Å². The smallest absolute Gasteiger partial charge is 0.326 e. The maximum absolute atomic E-state index is 14.4. The minimum absolute atomic E-state index is 0.00920. The monoisotopic (exact) mass is 1100 g/mol. The second kappa shape index (κ2) is 30.4. The lowest BCUT2D eigenvalue weighted by Crippen LogP contribution is -2.60. The molecule has 3 fully saturated rings. The van der Waals surface area contributed by atoms with Crippen LogP contribution >= 0.6 is 0 Å². The number of guanidine groups is 1. The van der Waals surface area contributed by atoms with Crippen LogP contribution in [-0.2, 0) is 60.8 Å². The molecule has 0 radical (unpaired) electrons. The van der Waals surface area contributed by atoms with Crippen LogP contribution in [0.15, 0.2) is 65.7 Å². The largest absolute Gasteiger partial charge is 0.480 e. The van der Waals surface area contributed by atoms with Crippen molar-refractivity contribution in [1.29, 1.82) is 0 Å². The van der Waals surface area contributed by atoms with Gasteiger partial charge in [-0.2, -0.15) is 0 Å². The number of aliphatic imine (C=N–C) groups is 1. The maximum atomic E-state index is 14.4. The van der Waals surface area contributed by atoms with Crippen molar-refractivity contribution in [3.8, 4) is 0 Å². The Labute approximate surface area is 458 Å². The van der Waals surface area contributed by atoms with Gasteiger partial charge in [0.25, 0.3) is 0 Å². The molecule has 2 aromatic rings. The Morgan fingerprint density at radius 1 is 0.620 bits per heavy atom. The average Bonchev–Trinajstić information content (AvgIpc) is 4.34. The van der Waals surface area contributed by atoms with Crippen LogP contribution in [-0.4, -0.2) is 195 Å². The summed E-state index contributed by atoms with van der Waals surface area (Å²) in [6, 6.07) is 6.22. The fourth-order valence-corrected chi connectivity index (χ4v) is 9.86. The second-order valence-electron chi connectivity index (χ2n) is 20.1. The van der Waals surface area contributed by atoms with Crippen LogP contribution in [0.3, 0.4) is 0 Å². The molecule has 3 aliphatic heterocycles. The number of nitrogens with two attached hydrogens (primary N) is 3. The zero-order valence-electron chi connectivity index (χ0n) is 44.7. The fourth-order valence-electron chi connectivity index (χ4n) is 9.86. The van der Waals surface area contributed by atoms with Gasteiger partial charge in [0.05, 0.1) is 25.8 Å². The van der Waals surface area contributed by atoms with Gasteiger partial charge in [0, 0.05) is 39.0 Å². The lowest BCUT2D eigenvalue weighted by Gasteiger charge is -2.33. The Balaban J connectivity index is 1.22. The van der Waals surface area contributed by atoms with Crippen molar-refractivity contribution in [2.75, 3.05) is 45.9 Å². The number of benzene rings is 2. The number of nitrogens with zero attached hydrogens (tertiary/aromatic N) is 4. The lowest BCUT2D eigenvalue weighted by molar-refractivity contribution is -0.148. The number of aliphatic hydroxyl groups is 2. The molecule has 5 rings (SSSR count). The molecule has 0 spiro atoms. The number of hydrogen-bond donors (Lipinski definition) is 12. The van der Waals surface area contributed by atoms with Gasteiger partial charge >= 0.3 is 5.97 Å². The van der Waals surface area contributed by atoms with Crippen LogP contribution in [0, 0.1) is 5.92 Å². The van der Waals surface area contributed by atoms with Gasteiger partial charge in [-0.3, -0.25) is 48.1 Å². The number of carboxylic acid groups (broad SMARTS) is 1. The number of rotatable bonds is 28. The quantitative estimate of drug-likeness (QED) is 0.0223. The molecule has 432 valence electrons. The summed E-state index contributed by atoms with van der Waals surface area (Å²) in [5.74, 6) is -8.25. The van der Waals surface area contributed by atoms with Gasteiger partial charge in [-0.05, 0) is 68.4 Å². The third-order valence-electron chi connectivity index (χ3n) is 14.5. The van der Waals surface area contributed by atoms with Gasteiger partial charge in [0.15, 0.2) is 5.96 Å². The van der Waals surface area contributed by atoms with E-state index >= 15 is 0 Å². The normalized spacial score (nSPS) is 19.6. The van der Waals surface area contributed by atoms with E-state index in [1.54, 1.807) is 67.6 Å². The predicted octanol–water partition coefficient (Wildman–Crippen LogP) is -3.52. The van der Waals surface area contributed by atoms with Gasteiger partial charge in [-0.1, -0.05) is 80.9 Å². The number of carboxylic acids is 1. The maximum Gasteiger partial charge on any atom is 0.326 e. The van der Waals surface area contributed by atoms with Crippen molar-refractivity contribution >= 4 is 65.1 Å². The number of aliphatic hydroxyl groups excluding tert-OH is 2. The molecule has 15 N–H and O–H groups in total. The van der Waals surface area contributed by atoms with Crippen LogP contribution in [0.2, 0.25) is 0 Å². The average molecular weight is 1100 g/mol. The number of hydrogen-bond acceptors (Lipinski definition) is 14. The van der Waals surface area contributed by atoms with Gasteiger partial charge < -0.3 is 79.1 Å². The standard InChI is InChI=1S/C53H77N13O13/c1-3-31(2)43(54)48(74)62-37(29-67)45(71)60-34(18-10-22-57-53(55)56)49(75)66-25-13-21-41(66)51(77)65-24-11-19-39(65)46(72)58-28-42(69)59-35(26-32-14-6-4-7-15-32)44(70)63-38(30-68)50(76)64-23-12-20-40(64)47(73)61-36(52(78)79)27-33-16-8-5-9-17-33/h4-9,14-17,31,34-41,43,67-68H,3,10-13,18-30,54H2,1-2H3,(H,58,72)(H,59,69)(H,60,71)(H,61,73)(H,62,74)(H,63,70)(H,78,79)(H4,55,56,57). The predicted molar refractivity (Wildman–Crippen MR) is 286 cm³/mol. The molecule has 2 aromatic carbocycles. The van der Waals surface area contributed by atoms with E-state index in [1.807, 2.05) is 6.92 Å². The number of aliphatic carboxylic acids is 1. The first-order valence-electron chi connectivity index (χ1n) is 26.8. The third kappa shape index (κ3) is 17.6. The van der Waals surface area contributed by atoms with Gasteiger partial charge in [-0.15, -0.1) is 0 Å². The van der Waals surface area contributed by atoms with Crippen molar-refractivity contribution in [2.24, 2.45) is 28.1 Å². The third-order valence-corrected chi connectivity index (χ3v) is 14.5. The molecule has 0 aliphatic carbocycles. The van der Waals surface area contributed by atoms with E-state index in [0.717, 1.165) is 0 Å². The molecule has 3 saturated heterocycles. The van der Waals surface area contributed by atoms with Crippen molar-refractivity contribution in [1.82, 2.24) is 46.6 Å². The summed E-state index contributed by atoms with van der Waals surface area (Å²) in [5, 5.41) is 45.6. The van der Waals surface area contributed by atoms with Crippen LogP contribution < -0.4 is 49.1 Å². The van der Waals surface area contributed by atoms with E-state index in [2.05, 4.69) is 36.9 Å². The number of nitrogens with one attached hydrogen (secondary N) is 6. The molecular formula is C53H77N13O13. The molecule has 3 heterocycles. The molecule has 10 unspecified atom stereocenters. The molecule has 0 bridgehead atoms. The highest BCUT2D eigenvalue weighted by Crippen LogP contribution is 2.27. The summed E-state index contributed by atoms with van der Waals surface area (Å²) >= 11 is 0.